The van der Waals surface area contributed by atoms with Crippen LogP contribution < -0.4 is 4.57 Å². The SMILES string of the molecule is CC(=O)/C=C(\O)C(C)C.[CH2-]c1c(-c2c3sc4c(C)c(C5CCCC5)ccc4c3cc[n+]2[CH2-])cc(C(C)(C)C)c2ccccc12.[Ir]. The molecule has 1 fully saturated rings. The van der Waals surface area contributed by atoms with Gasteiger partial charge in [-0.2, -0.15) is 12.5 Å². The number of hydrogen-bond donors (Lipinski definition) is 1. The van der Waals surface area contributed by atoms with Crippen molar-refractivity contribution in [3.63, 3.8) is 0 Å². The monoisotopic (exact) mass is 797 g/mol. The molecule has 45 heavy (non-hydrogen) atoms. The third-order valence-electron chi connectivity index (χ3n) is 9.07. The molecule has 6 rings (SSSR count). The Labute approximate surface area is 286 Å². The van der Waals surface area contributed by atoms with Crippen LogP contribution >= 0.6 is 11.3 Å². The molecule has 2 heterocycles. The number of aliphatic hydroxyl groups is 1. The number of carbonyl (C=O) groups excluding carboxylic acids is 1. The summed E-state index contributed by atoms with van der Waals surface area (Å²) in [6.45, 7) is 18.9. The van der Waals surface area contributed by atoms with E-state index >= 15 is 0 Å². The summed E-state index contributed by atoms with van der Waals surface area (Å²) in [5.41, 5.74) is 7.86. The molecule has 1 aliphatic carbocycles. The zero-order chi connectivity index (χ0) is 31.9. The summed E-state index contributed by atoms with van der Waals surface area (Å²) >= 11 is 1.94. The number of aromatic nitrogens is 1. The molecule has 5 aromatic rings. The molecule has 5 heteroatoms. The van der Waals surface area contributed by atoms with E-state index in [2.05, 4.69) is 101 Å². The van der Waals surface area contributed by atoms with E-state index in [0.29, 0.717) is 0 Å². The number of hydrogen-bond acceptors (Lipinski definition) is 3. The zero-order valence-corrected chi connectivity index (χ0v) is 30.9. The Kier molecular flexibility index (Phi) is 10.6. The van der Waals surface area contributed by atoms with Crippen molar-refractivity contribution in [1.82, 2.24) is 0 Å². The minimum Gasteiger partial charge on any atom is -0.512 e. The maximum atomic E-state index is 10.3. The smallest absolute Gasteiger partial charge is 0.155 e. The molecular formula is C40H46IrNO2S-. The Bertz CT molecular complexity index is 1900. The van der Waals surface area contributed by atoms with Gasteiger partial charge in [-0.3, -0.25) is 4.79 Å². The van der Waals surface area contributed by atoms with Crippen LogP contribution in [0.5, 0.6) is 0 Å². The quantitative estimate of drug-likeness (QED) is 0.0852. The number of pyridine rings is 1. The van der Waals surface area contributed by atoms with Gasteiger partial charge in [0.05, 0.1) is 17.6 Å². The van der Waals surface area contributed by atoms with Crippen LogP contribution in [0.25, 0.3) is 42.2 Å². The molecule has 1 aliphatic rings. The van der Waals surface area contributed by atoms with E-state index in [1.165, 1.54) is 92.0 Å². The fraction of sp³-hybridized carbons (Fsp3) is 0.350. The fourth-order valence-corrected chi connectivity index (χ4v) is 8.01. The van der Waals surface area contributed by atoms with E-state index in [4.69, 9.17) is 5.11 Å². The molecule has 3 nitrogen and oxygen atoms in total. The van der Waals surface area contributed by atoms with Crippen molar-refractivity contribution in [1.29, 1.82) is 0 Å². The summed E-state index contributed by atoms with van der Waals surface area (Å²) in [5.74, 6) is 0.820. The number of thiophene rings is 1. The van der Waals surface area contributed by atoms with Gasteiger partial charge in [0.25, 0.3) is 0 Å². The molecule has 0 atom stereocenters. The summed E-state index contributed by atoms with van der Waals surface area (Å²) in [7, 11) is 4.43. The van der Waals surface area contributed by atoms with Gasteiger partial charge in [0.2, 0.25) is 0 Å². The minimum absolute atomic E-state index is 0. The number of nitrogens with zero attached hydrogens (tertiary/aromatic N) is 1. The van der Waals surface area contributed by atoms with Crippen molar-refractivity contribution in [3.05, 3.63) is 103 Å². The first-order valence-corrected chi connectivity index (χ1v) is 16.6. The molecule has 0 amide bonds. The van der Waals surface area contributed by atoms with Crippen molar-refractivity contribution in [3.8, 4) is 11.3 Å². The molecule has 3 aromatic carbocycles. The topological polar surface area (TPSA) is 41.2 Å². The summed E-state index contributed by atoms with van der Waals surface area (Å²) in [4.78, 5) is 10.3. The molecule has 1 saturated carbocycles. The van der Waals surface area contributed by atoms with Crippen molar-refractivity contribution >= 4 is 48.1 Å². The molecule has 0 aliphatic heterocycles. The minimum atomic E-state index is -0.110. The predicted molar refractivity (Wildman–Crippen MR) is 189 cm³/mol. The van der Waals surface area contributed by atoms with Crippen LogP contribution in [0.15, 0.2) is 66.6 Å². The van der Waals surface area contributed by atoms with Gasteiger partial charge in [-0.25, -0.2) is 0 Å². The van der Waals surface area contributed by atoms with E-state index in [1.54, 1.807) is 5.56 Å². The van der Waals surface area contributed by atoms with Crippen molar-refractivity contribution in [2.45, 2.75) is 85.5 Å². The number of rotatable bonds is 4. The van der Waals surface area contributed by atoms with Gasteiger partial charge in [0, 0.05) is 48.5 Å². The Balaban J connectivity index is 0.000000405. The number of allylic oxidation sites excluding steroid dienone is 2. The fourth-order valence-electron chi connectivity index (χ4n) is 6.64. The third kappa shape index (κ3) is 6.87. The zero-order valence-electron chi connectivity index (χ0n) is 27.7. The second-order valence-corrected chi connectivity index (χ2v) is 14.7. The number of fused-ring (bicyclic) bond motifs is 4. The average Bonchev–Trinajstić information content (AvgIpc) is 3.62. The second kappa shape index (κ2) is 13.7. The molecule has 1 N–H and O–H groups in total. The summed E-state index contributed by atoms with van der Waals surface area (Å²) in [6, 6.07) is 18.1. The normalized spacial score (nSPS) is 14.2. The van der Waals surface area contributed by atoms with Gasteiger partial charge in [0.1, 0.15) is 0 Å². The predicted octanol–water partition coefficient (Wildman–Crippen LogP) is 10.9. The van der Waals surface area contributed by atoms with Gasteiger partial charge < -0.3 is 9.67 Å². The van der Waals surface area contributed by atoms with Crippen LogP contribution in [0, 0.1) is 26.8 Å². The van der Waals surface area contributed by atoms with E-state index in [-0.39, 0.29) is 43.0 Å². The van der Waals surface area contributed by atoms with E-state index in [9.17, 15) is 4.79 Å². The van der Waals surface area contributed by atoms with E-state index < -0.39 is 0 Å². The van der Waals surface area contributed by atoms with Crippen molar-refractivity contribution in [2.24, 2.45) is 5.92 Å². The average molecular weight is 797 g/mol. The van der Waals surface area contributed by atoms with Gasteiger partial charge in [0.15, 0.2) is 5.78 Å². The van der Waals surface area contributed by atoms with Gasteiger partial charge >= 0.3 is 0 Å². The van der Waals surface area contributed by atoms with Crippen LogP contribution in [0.4, 0.5) is 0 Å². The molecule has 0 bridgehead atoms. The van der Waals surface area contributed by atoms with Crippen LogP contribution in [-0.4, -0.2) is 10.9 Å². The van der Waals surface area contributed by atoms with Crippen LogP contribution in [0.1, 0.15) is 95.4 Å². The summed E-state index contributed by atoms with van der Waals surface area (Å²) in [6.07, 6.45) is 8.76. The standard InChI is InChI=1S/C33H34NS.C7H12O2.Ir/c1-20-24-13-9-10-14-25(24)29(33(3,4)5)19-28(20)30-32-27(17-18-34(30)6)26-16-15-23(21(2)31(26)35-32)22-11-7-8-12-22;1-5(2)7(9)4-6(3)8;/h9-10,13-19,22H,1,6-8,11-12H2,2-5H3;4-5,9H,1-3H3;/q-1;;/b;7-4-;. The Hall–Kier alpha value is -3.11. The summed E-state index contributed by atoms with van der Waals surface area (Å²) in [5, 5.41) is 14.2. The van der Waals surface area contributed by atoms with E-state index in [0.717, 1.165) is 11.5 Å². The van der Waals surface area contributed by atoms with Gasteiger partial charge in [-0.1, -0.05) is 88.7 Å². The Morgan fingerprint density at radius 1 is 1.00 bits per heavy atom. The number of aliphatic hydroxyl groups excluding tert-OH is 1. The van der Waals surface area contributed by atoms with Crippen LogP contribution in [0.3, 0.4) is 0 Å². The van der Waals surface area contributed by atoms with Crippen LogP contribution in [0.2, 0.25) is 0 Å². The van der Waals surface area contributed by atoms with E-state index in [1.807, 2.05) is 25.2 Å². The first-order valence-electron chi connectivity index (χ1n) is 15.8. The Morgan fingerprint density at radius 3 is 2.20 bits per heavy atom. The van der Waals surface area contributed by atoms with Crippen molar-refractivity contribution in [2.75, 3.05) is 0 Å². The van der Waals surface area contributed by atoms with Crippen molar-refractivity contribution < 1.29 is 34.6 Å². The van der Waals surface area contributed by atoms with Gasteiger partial charge in [-0.15, -0.1) is 34.4 Å². The molecular weight excluding hydrogens is 751 g/mol. The third-order valence-corrected chi connectivity index (χ3v) is 10.4. The number of ketones is 1. The molecule has 1 radical (unpaired) electrons. The number of aryl methyl sites for hydroxylation is 1. The molecule has 0 saturated heterocycles. The molecule has 0 spiro atoms. The number of carbonyl (C=O) groups is 1. The summed E-state index contributed by atoms with van der Waals surface area (Å²) < 4.78 is 4.79. The molecule has 2 aromatic heterocycles. The number of benzene rings is 3. The maximum absolute atomic E-state index is 10.3. The molecule has 0 unspecified atom stereocenters. The Morgan fingerprint density at radius 2 is 1.62 bits per heavy atom. The van der Waals surface area contributed by atoms with Gasteiger partial charge in [-0.05, 0) is 66.0 Å². The van der Waals surface area contributed by atoms with Crippen LogP contribution in [-0.2, 0) is 30.3 Å². The second-order valence-electron chi connectivity index (χ2n) is 13.7. The first kappa shape index (κ1) is 34.8. The maximum Gasteiger partial charge on any atom is 0.155 e. The first-order chi connectivity index (χ1) is 20.8. The largest absolute Gasteiger partial charge is 0.512 e. The molecule has 239 valence electrons.